The second-order valence-corrected chi connectivity index (χ2v) is 3.72. The van der Waals surface area contributed by atoms with Crippen molar-refractivity contribution in [1.82, 2.24) is 4.31 Å². The van der Waals surface area contributed by atoms with Gasteiger partial charge < -0.3 is 9.66 Å². The summed E-state index contributed by atoms with van der Waals surface area (Å²) in [6.07, 6.45) is 1.56. The number of aliphatic hydroxyl groups is 1. The lowest BCUT2D eigenvalue weighted by atomic mass is 10.00. The van der Waals surface area contributed by atoms with Gasteiger partial charge in [-0.15, -0.1) is 0 Å². The normalized spacial score (nSPS) is 25.3. The average Bonchev–Trinajstić information content (AvgIpc) is 2.05. The van der Waals surface area contributed by atoms with Gasteiger partial charge in [-0.1, -0.05) is 0 Å². The van der Waals surface area contributed by atoms with E-state index < -0.39 is 11.3 Å². The highest BCUT2D eigenvalue weighted by Gasteiger charge is 2.18. The van der Waals surface area contributed by atoms with E-state index in [1.807, 2.05) is 0 Å². The van der Waals surface area contributed by atoms with Gasteiger partial charge in [-0.2, -0.15) is 0 Å². The lowest BCUT2D eigenvalue weighted by molar-refractivity contribution is 0.169. The van der Waals surface area contributed by atoms with Gasteiger partial charge in [0, 0.05) is 31.0 Å². The van der Waals surface area contributed by atoms with Gasteiger partial charge in [0.1, 0.15) is 0 Å². The van der Waals surface area contributed by atoms with Crippen LogP contribution in [0.1, 0.15) is 12.8 Å². The fourth-order valence-corrected chi connectivity index (χ4v) is 1.75. The first-order chi connectivity index (χ1) is 5.24. The average molecular weight is 178 g/mol. The third kappa shape index (κ3) is 2.52. The number of piperidine rings is 1. The summed E-state index contributed by atoms with van der Waals surface area (Å²) in [4.78, 5) is 0. The first-order valence-electron chi connectivity index (χ1n) is 3.69. The van der Waals surface area contributed by atoms with Crippen LogP contribution < -0.4 is 0 Å². The highest BCUT2D eigenvalue weighted by atomic mass is 32.2. The maximum absolute atomic E-state index is 10.4. The highest BCUT2D eigenvalue weighted by molar-refractivity contribution is 7.76. The van der Waals surface area contributed by atoms with Gasteiger partial charge in [0.15, 0.2) is 0 Å². The van der Waals surface area contributed by atoms with Crippen molar-refractivity contribution in [1.29, 1.82) is 0 Å². The van der Waals surface area contributed by atoms with Gasteiger partial charge in [-0.3, -0.25) is 4.21 Å². The highest BCUT2D eigenvalue weighted by Crippen LogP contribution is 2.16. The van der Waals surface area contributed by atoms with Crippen LogP contribution in [-0.4, -0.2) is 37.9 Å². The zero-order chi connectivity index (χ0) is 8.27. The molecule has 1 aliphatic rings. The summed E-state index contributed by atoms with van der Waals surface area (Å²) in [5.74, 6) is 0.301. The van der Waals surface area contributed by atoms with Crippen LogP contribution in [0.2, 0.25) is 0 Å². The van der Waals surface area contributed by atoms with Crippen molar-refractivity contribution in [2.45, 2.75) is 12.8 Å². The second kappa shape index (κ2) is 4.15. The molecule has 1 fully saturated rings. The minimum absolute atomic E-state index is 0.180. The third-order valence-corrected chi connectivity index (χ3v) is 2.83. The largest absolute Gasteiger partial charge is 0.760 e. The van der Waals surface area contributed by atoms with Crippen molar-refractivity contribution < 1.29 is 13.9 Å². The van der Waals surface area contributed by atoms with E-state index in [1.54, 1.807) is 0 Å². The summed E-state index contributed by atoms with van der Waals surface area (Å²) < 4.78 is 22.2. The van der Waals surface area contributed by atoms with Crippen LogP contribution in [0, 0.1) is 5.92 Å². The fraction of sp³-hybridized carbons (Fsp3) is 1.00. The predicted octanol–water partition coefficient (Wildman–Crippen LogP) is -0.515. The molecule has 1 heterocycles. The van der Waals surface area contributed by atoms with E-state index in [0.717, 1.165) is 12.8 Å². The van der Waals surface area contributed by atoms with Gasteiger partial charge in [0.25, 0.3) is 0 Å². The molecule has 0 aromatic rings. The van der Waals surface area contributed by atoms with Crippen molar-refractivity contribution >= 4 is 11.3 Å². The van der Waals surface area contributed by atoms with E-state index in [2.05, 4.69) is 0 Å². The minimum atomic E-state index is -2.07. The number of nitrogens with zero attached hydrogens (tertiary/aromatic N) is 1. The Hall–Kier alpha value is 0.0300. The SMILES string of the molecule is O=S([O-])N1CCC(CO)CC1. The molecule has 0 saturated carbocycles. The standard InChI is InChI=1S/C6H13NO3S/c8-5-6-1-3-7(4-2-6)11(9)10/h6,8H,1-5H2,(H,9,10)/p-1. The molecule has 0 bridgehead atoms. The van der Waals surface area contributed by atoms with Gasteiger partial charge in [-0.25, -0.2) is 4.31 Å². The summed E-state index contributed by atoms with van der Waals surface area (Å²) in [6.45, 7) is 1.29. The topological polar surface area (TPSA) is 63.6 Å². The fourth-order valence-electron chi connectivity index (χ4n) is 1.24. The molecule has 0 aromatic carbocycles. The molecular formula is C6H12NO3S-. The van der Waals surface area contributed by atoms with Crippen molar-refractivity contribution in [3.63, 3.8) is 0 Å². The third-order valence-electron chi connectivity index (χ3n) is 2.04. The van der Waals surface area contributed by atoms with E-state index >= 15 is 0 Å². The zero-order valence-corrected chi connectivity index (χ0v) is 7.05. The Morgan fingerprint density at radius 1 is 1.55 bits per heavy atom. The van der Waals surface area contributed by atoms with E-state index in [0.29, 0.717) is 19.0 Å². The molecular weight excluding hydrogens is 166 g/mol. The number of hydrogen-bond acceptors (Lipinski definition) is 3. The maximum Gasteiger partial charge on any atom is 0.0460 e. The van der Waals surface area contributed by atoms with Crippen molar-refractivity contribution in [2.75, 3.05) is 19.7 Å². The Morgan fingerprint density at radius 2 is 2.09 bits per heavy atom. The first-order valence-corrected chi connectivity index (χ1v) is 4.72. The molecule has 1 atom stereocenters. The Bertz CT molecular complexity index is 145. The number of aliphatic hydroxyl groups excluding tert-OH is 1. The maximum atomic E-state index is 10.4. The van der Waals surface area contributed by atoms with Crippen LogP contribution in [0.4, 0.5) is 0 Å². The van der Waals surface area contributed by atoms with Crippen molar-refractivity contribution in [3.05, 3.63) is 0 Å². The molecule has 1 unspecified atom stereocenters. The predicted molar refractivity (Wildman–Crippen MR) is 40.3 cm³/mol. The zero-order valence-electron chi connectivity index (χ0n) is 6.23. The number of rotatable bonds is 2. The van der Waals surface area contributed by atoms with Crippen LogP contribution in [0.15, 0.2) is 0 Å². The Kier molecular flexibility index (Phi) is 3.45. The van der Waals surface area contributed by atoms with E-state index in [4.69, 9.17) is 5.11 Å². The summed E-state index contributed by atoms with van der Waals surface area (Å²) in [6, 6.07) is 0. The number of hydrogen-bond donors (Lipinski definition) is 1. The Balaban J connectivity index is 2.30. The van der Waals surface area contributed by atoms with Crippen molar-refractivity contribution in [2.24, 2.45) is 5.92 Å². The molecule has 4 nitrogen and oxygen atoms in total. The Morgan fingerprint density at radius 3 is 2.45 bits per heavy atom. The summed E-state index contributed by atoms with van der Waals surface area (Å²) in [7, 11) is 0. The van der Waals surface area contributed by atoms with E-state index in [-0.39, 0.29) is 6.61 Å². The molecule has 0 spiro atoms. The monoisotopic (exact) mass is 178 g/mol. The molecule has 1 aliphatic heterocycles. The van der Waals surface area contributed by atoms with E-state index in [9.17, 15) is 8.76 Å². The minimum Gasteiger partial charge on any atom is -0.760 e. The summed E-state index contributed by atoms with van der Waals surface area (Å²) in [5.41, 5.74) is 0. The molecule has 0 aromatic heterocycles. The van der Waals surface area contributed by atoms with E-state index in [1.165, 1.54) is 4.31 Å². The smallest absolute Gasteiger partial charge is 0.0460 e. The molecule has 0 amide bonds. The first kappa shape index (κ1) is 9.12. The second-order valence-electron chi connectivity index (χ2n) is 2.77. The molecule has 0 aliphatic carbocycles. The van der Waals surface area contributed by atoms with Gasteiger partial charge in [-0.05, 0) is 18.8 Å². The lowest BCUT2D eigenvalue weighted by Gasteiger charge is -2.31. The van der Waals surface area contributed by atoms with Crippen LogP contribution >= 0.6 is 0 Å². The molecule has 5 heteroatoms. The van der Waals surface area contributed by atoms with Crippen LogP contribution in [-0.2, 0) is 11.3 Å². The molecule has 0 radical (unpaired) electrons. The summed E-state index contributed by atoms with van der Waals surface area (Å²) >= 11 is -2.07. The molecule has 11 heavy (non-hydrogen) atoms. The lowest BCUT2D eigenvalue weighted by Crippen LogP contribution is -2.35. The van der Waals surface area contributed by atoms with Crippen LogP contribution in [0.5, 0.6) is 0 Å². The van der Waals surface area contributed by atoms with Crippen LogP contribution in [0.3, 0.4) is 0 Å². The molecule has 1 N–H and O–H groups in total. The van der Waals surface area contributed by atoms with Gasteiger partial charge >= 0.3 is 0 Å². The van der Waals surface area contributed by atoms with Gasteiger partial charge in [0.05, 0.1) is 0 Å². The van der Waals surface area contributed by atoms with Crippen molar-refractivity contribution in [3.8, 4) is 0 Å². The van der Waals surface area contributed by atoms with Gasteiger partial charge in [0.2, 0.25) is 0 Å². The molecule has 1 rings (SSSR count). The van der Waals surface area contributed by atoms with Crippen LogP contribution in [0.25, 0.3) is 0 Å². The summed E-state index contributed by atoms with van der Waals surface area (Å²) in [5, 5.41) is 8.74. The Labute approximate surface area is 68.6 Å². The molecule has 66 valence electrons. The quantitative estimate of drug-likeness (QED) is 0.579. The molecule has 1 saturated heterocycles.